The molecule has 2 heteroatoms. The van der Waals surface area contributed by atoms with Crippen molar-refractivity contribution in [3.05, 3.63) is 12.3 Å². The van der Waals surface area contributed by atoms with Gasteiger partial charge < -0.3 is 9.84 Å². The number of hydrogen-bond donors (Lipinski definition) is 1. The zero-order valence-electron chi connectivity index (χ0n) is 5.29. The quantitative estimate of drug-likeness (QED) is 0.510. The molecule has 1 heterocycles. The molecule has 0 fully saturated rings. The van der Waals surface area contributed by atoms with Crippen LogP contribution in [0.4, 0.5) is 0 Å². The molecule has 0 unspecified atom stereocenters. The van der Waals surface area contributed by atoms with E-state index in [9.17, 15) is 0 Å². The molecule has 0 saturated heterocycles. The molecule has 0 atom stereocenters. The first kappa shape index (κ1) is 7.50. The van der Waals surface area contributed by atoms with E-state index in [1.807, 2.05) is 6.08 Å². The van der Waals surface area contributed by atoms with Crippen molar-refractivity contribution in [1.29, 1.82) is 0 Å². The molecular weight excluding hydrogens is 104 g/mol. The monoisotopic (exact) mass is 116 g/mol. The third-order valence-corrected chi connectivity index (χ3v) is 0.385. The summed E-state index contributed by atoms with van der Waals surface area (Å²) >= 11 is 0. The molecule has 0 radical (unpaired) electrons. The molecule has 0 aromatic rings. The number of hydrogen-bond acceptors (Lipinski definition) is 2. The number of ether oxygens (including phenoxy) is 1. The van der Waals surface area contributed by atoms with Crippen molar-refractivity contribution < 1.29 is 9.84 Å². The van der Waals surface area contributed by atoms with Crippen LogP contribution in [-0.2, 0) is 4.74 Å². The lowest BCUT2D eigenvalue weighted by Gasteiger charge is -1.99. The molecule has 1 N–H and O–H groups in total. The van der Waals surface area contributed by atoms with E-state index in [4.69, 9.17) is 5.11 Å². The summed E-state index contributed by atoms with van der Waals surface area (Å²) < 4.78 is 4.54. The van der Waals surface area contributed by atoms with E-state index in [1.165, 1.54) is 0 Å². The van der Waals surface area contributed by atoms with Crippen LogP contribution in [0.2, 0.25) is 0 Å². The van der Waals surface area contributed by atoms with Gasteiger partial charge in [0.25, 0.3) is 0 Å². The third kappa shape index (κ3) is 9.09. The lowest BCUT2D eigenvalue weighted by atomic mass is 10.5. The largest absolute Gasteiger partial charge is 0.497 e. The first-order valence-corrected chi connectivity index (χ1v) is 2.68. The van der Waals surface area contributed by atoms with Gasteiger partial charge in [0.05, 0.1) is 6.26 Å². The average molecular weight is 116 g/mol. The van der Waals surface area contributed by atoms with Crippen LogP contribution in [0.3, 0.4) is 0 Å². The SMILES string of the molecule is C1=COC1.CC(C)O. The standard InChI is InChI=1S/C3H4O.C3H8O/c1-2-4-3-1;1-3(2)4/h1-2H,3H2;3-4H,1-2H3. The second kappa shape index (κ2) is 4.65. The van der Waals surface area contributed by atoms with E-state index < -0.39 is 0 Å². The van der Waals surface area contributed by atoms with Crippen molar-refractivity contribution in [3.63, 3.8) is 0 Å². The molecule has 0 aromatic carbocycles. The lowest BCUT2D eigenvalue weighted by molar-refractivity contribution is 0.216. The Morgan fingerprint density at radius 2 is 1.75 bits per heavy atom. The minimum absolute atomic E-state index is 0.167. The fraction of sp³-hybridized carbons (Fsp3) is 0.667. The predicted octanol–water partition coefficient (Wildman–Crippen LogP) is 0.917. The second-order valence-corrected chi connectivity index (χ2v) is 1.80. The fourth-order valence-corrected chi connectivity index (χ4v) is 0.0962. The van der Waals surface area contributed by atoms with Gasteiger partial charge in [-0.3, -0.25) is 0 Å². The Labute approximate surface area is 49.8 Å². The van der Waals surface area contributed by atoms with Crippen molar-refractivity contribution >= 4 is 0 Å². The van der Waals surface area contributed by atoms with Crippen molar-refractivity contribution in [2.75, 3.05) is 6.61 Å². The first-order chi connectivity index (χ1) is 3.73. The molecule has 48 valence electrons. The maximum Gasteiger partial charge on any atom is 0.109 e. The highest BCUT2D eigenvalue weighted by molar-refractivity contribution is 4.81. The van der Waals surface area contributed by atoms with Gasteiger partial charge in [-0.15, -0.1) is 0 Å². The van der Waals surface area contributed by atoms with Crippen LogP contribution in [0.15, 0.2) is 12.3 Å². The third-order valence-electron chi connectivity index (χ3n) is 0.385. The van der Waals surface area contributed by atoms with Crippen LogP contribution in [0.25, 0.3) is 0 Å². The molecule has 0 aliphatic carbocycles. The van der Waals surface area contributed by atoms with Crippen molar-refractivity contribution in [1.82, 2.24) is 0 Å². The van der Waals surface area contributed by atoms with Crippen LogP contribution in [0.5, 0.6) is 0 Å². The van der Waals surface area contributed by atoms with Gasteiger partial charge >= 0.3 is 0 Å². The Morgan fingerprint density at radius 1 is 1.62 bits per heavy atom. The molecule has 1 rings (SSSR count). The normalized spacial score (nSPS) is 13.5. The van der Waals surface area contributed by atoms with Gasteiger partial charge in [-0.2, -0.15) is 0 Å². The summed E-state index contributed by atoms with van der Waals surface area (Å²) in [6, 6.07) is 0. The zero-order valence-corrected chi connectivity index (χ0v) is 5.29. The summed E-state index contributed by atoms with van der Waals surface area (Å²) in [5, 5.41) is 8.06. The van der Waals surface area contributed by atoms with Crippen LogP contribution < -0.4 is 0 Å². The van der Waals surface area contributed by atoms with Crippen molar-refractivity contribution in [2.45, 2.75) is 20.0 Å². The minimum Gasteiger partial charge on any atom is -0.497 e. The van der Waals surface area contributed by atoms with E-state index in [0.29, 0.717) is 0 Å². The van der Waals surface area contributed by atoms with Gasteiger partial charge in [-0.25, -0.2) is 0 Å². The maximum atomic E-state index is 8.06. The highest BCUT2D eigenvalue weighted by atomic mass is 16.5. The van der Waals surface area contributed by atoms with E-state index in [1.54, 1.807) is 20.1 Å². The summed E-state index contributed by atoms with van der Waals surface area (Å²) in [7, 11) is 0. The molecule has 0 spiro atoms. The molecule has 8 heavy (non-hydrogen) atoms. The van der Waals surface area contributed by atoms with Gasteiger partial charge in [0.15, 0.2) is 0 Å². The Hall–Kier alpha value is -0.500. The molecule has 1 aliphatic rings. The van der Waals surface area contributed by atoms with Gasteiger partial charge in [0.2, 0.25) is 0 Å². The summed E-state index contributed by atoms with van der Waals surface area (Å²) in [5.41, 5.74) is 0. The first-order valence-electron chi connectivity index (χ1n) is 2.68. The Kier molecular flexibility index (Phi) is 4.36. The molecular formula is C6H12O2. The fourth-order valence-electron chi connectivity index (χ4n) is 0.0962. The van der Waals surface area contributed by atoms with E-state index in [0.717, 1.165) is 6.61 Å². The Balaban J connectivity index is 0.000000122. The van der Waals surface area contributed by atoms with E-state index in [2.05, 4.69) is 4.74 Å². The maximum absolute atomic E-state index is 8.06. The number of rotatable bonds is 0. The molecule has 0 amide bonds. The van der Waals surface area contributed by atoms with Gasteiger partial charge in [-0.05, 0) is 19.9 Å². The molecule has 0 aromatic heterocycles. The molecule has 1 aliphatic heterocycles. The zero-order chi connectivity index (χ0) is 6.41. The van der Waals surface area contributed by atoms with Gasteiger partial charge in [0, 0.05) is 6.10 Å². The van der Waals surface area contributed by atoms with Crippen LogP contribution >= 0.6 is 0 Å². The number of aliphatic hydroxyl groups excluding tert-OH is 1. The van der Waals surface area contributed by atoms with Crippen molar-refractivity contribution in [3.8, 4) is 0 Å². The van der Waals surface area contributed by atoms with Gasteiger partial charge in [-0.1, -0.05) is 0 Å². The topological polar surface area (TPSA) is 29.5 Å². The van der Waals surface area contributed by atoms with E-state index in [-0.39, 0.29) is 6.10 Å². The molecule has 0 saturated carbocycles. The summed E-state index contributed by atoms with van der Waals surface area (Å²) in [6.45, 7) is 4.26. The minimum atomic E-state index is -0.167. The lowest BCUT2D eigenvalue weighted by Crippen LogP contribution is -1.89. The Morgan fingerprint density at radius 3 is 1.75 bits per heavy atom. The van der Waals surface area contributed by atoms with Crippen LogP contribution in [0.1, 0.15) is 13.8 Å². The highest BCUT2D eigenvalue weighted by Crippen LogP contribution is 1.87. The highest BCUT2D eigenvalue weighted by Gasteiger charge is 1.79. The van der Waals surface area contributed by atoms with Crippen molar-refractivity contribution in [2.24, 2.45) is 0 Å². The van der Waals surface area contributed by atoms with E-state index >= 15 is 0 Å². The number of aliphatic hydroxyl groups is 1. The smallest absolute Gasteiger partial charge is 0.109 e. The average Bonchev–Trinajstić information content (AvgIpc) is 1.19. The molecule has 0 bridgehead atoms. The van der Waals surface area contributed by atoms with Crippen LogP contribution in [-0.4, -0.2) is 17.8 Å². The summed E-state index contributed by atoms with van der Waals surface area (Å²) in [4.78, 5) is 0. The predicted molar refractivity (Wildman–Crippen MR) is 32.4 cm³/mol. The second-order valence-electron chi connectivity index (χ2n) is 1.80. The van der Waals surface area contributed by atoms with Crippen LogP contribution in [0, 0.1) is 0 Å². The summed E-state index contributed by atoms with van der Waals surface area (Å²) in [5.74, 6) is 0. The Bertz CT molecular complexity index is 58.2. The summed E-state index contributed by atoms with van der Waals surface area (Å²) in [6.07, 6.45) is 3.47. The molecule has 2 nitrogen and oxygen atoms in total. The van der Waals surface area contributed by atoms with Gasteiger partial charge in [0.1, 0.15) is 6.61 Å².